The SMILES string of the molecule is C[C@H]1C(=O)N2CCC[C@H]2CN1Cc1ccc(Cl)c(Cl)c1. The lowest BCUT2D eigenvalue weighted by molar-refractivity contribution is -0.143. The molecule has 0 radical (unpaired) electrons. The molecule has 108 valence electrons. The molecular formula is C15H18Cl2N2O. The standard InChI is InChI=1S/C15H18Cl2N2O/c1-10-15(20)19-6-2-3-12(19)9-18(10)8-11-4-5-13(16)14(17)7-11/h4-5,7,10,12H,2-3,6,8-9H2,1H3/t10-,12-/m0/s1. The molecule has 3 rings (SSSR count). The first-order valence-electron chi connectivity index (χ1n) is 7.04. The molecule has 1 aromatic carbocycles. The van der Waals surface area contributed by atoms with Crippen molar-refractivity contribution < 1.29 is 4.79 Å². The first-order chi connectivity index (χ1) is 9.56. The molecule has 20 heavy (non-hydrogen) atoms. The number of benzene rings is 1. The molecule has 2 heterocycles. The molecule has 0 aromatic heterocycles. The minimum absolute atomic E-state index is 0.0567. The number of carbonyl (C=O) groups is 1. The van der Waals surface area contributed by atoms with Crippen molar-refractivity contribution in [2.24, 2.45) is 0 Å². The third-order valence-electron chi connectivity index (χ3n) is 4.38. The monoisotopic (exact) mass is 312 g/mol. The summed E-state index contributed by atoms with van der Waals surface area (Å²) in [5, 5.41) is 1.14. The first-order valence-corrected chi connectivity index (χ1v) is 7.80. The molecule has 3 nitrogen and oxygen atoms in total. The summed E-state index contributed by atoms with van der Waals surface area (Å²) in [6.07, 6.45) is 2.25. The smallest absolute Gasteiger partial charge is 0.239 e. The molecule has 2 atom stereocenters. The van der Waals surface area contributed by atoms with Crippen LogP contribution in [-0.2, 0) is 11.3 Å². The maximum absolute atomic E-state index is 12.4. The largest absolute Gasteiger partial charge is 0.337 e. The molecule has 2 fully saturated rings. The first kappa shape index (κ1) is 14.2. The third kappa shape index (κ3) is 2.54. The number of hydrogen-bond donors (Lipinski definition) is 0. The Balaban J connectivity index is 1.76. The number of halogens is 2. The van der Waals surface area contributed by atoms with Gasteiger partial charge in [-0.2, -0.15) is 0 Å². The van der Waals surface area contributed by atoms with Crippen LogP contribution in [0.1, 0.15) is 25.3 Å². The number of nitrogens with zero attached hydrogens (tertiary/aromatic N) is 2. The second-order valence-corrected chi connectivity index (χ2v) is 6.50. The van der Waals surface area contributed by atoms with Crippen LogP contribution in [0.5, 0.6) is 0 Å². The average Bonchev–Trinajstić information content (AvgIpc) is 2.88. The van der Waals surface area contributed by atoms with E-state index >= 15 is 0 Å². The zero-order valence-corrected chi connectivity index (χ0v) is 13.0. The van der Waals surface area contributed by atoms with Crippen molar-refractivity contribution in [1.29, 1.82) is 0 Å². The Bertz CT molecular complexity index is 535. The van der Waals surface area contributed by atoms with Crippen molar-refractivity contribution in [3.63, 3.8) is 0 Å². The van der Waals surface area contributed by atoms with Crippen LogP contribution in [0.2, 0.25) is 10.0 Å². The quantitative estimate of drug-likeness (QED) is 0.837. The van der Waals surface area contributed by atoms with E-state index in [0.29, 0.717) is 16.1 Å². The summed E-state index contributed by atoms with van der Waals surface area (Å²) >= 11 is 12.0. The van der Waals surface area contributed by atoms with Gasteiger partial charge in [0.2, 0.25) is 5.91 Å². The highest BCUT2D eigenvalue weighted by Gasteiger charge is 2.39. The minimum Gasteiger partial charge on any atom is -0.337 e. The normalized spacial score (nSPS) is 26.9. The highest BCUT2D eigenvalue weighted by Crippen LogP contribution is 2.28. The summed E-state index contributed by atoms with van der Waals surface area (Å²) in [5.74, 6) is 0.263. The predicted molar refractivity (Wildman–Crippen MR) is 81.1 cm³/mol. The third-order valence-corrected chi connectivity index (χ3v) is 5.12. The molecule has 0 unspecified atom stereocenters. The van der Waals surface area contributed by atoms with Crippen LogP contribution in [0.4, 0.5) is 0 Å². The van der Waals surface area contributed by atoms with Crippen molar-refractivity contribution in [2.75, 3.05) is 13.1 Å². The van der Waals surface area contributed by atoms with E-state index in [1.165, 1.54) is 0 Å². The van der Waals surface area contributed by atoms with E-state index in [9.17, 15) is 4.79 Å². The average molecular weight is 313 g/mol. The predicted octanol–water partition coefficient (Wildman–Crippen LogP) is 3.19. The van der Waals surface area contributed by atoms with Crippen molar-refractivity contribution >= 4 is 29.1 Å². The summed E-state index contributed by atoms with van der Waals surface area (Å²) in [4.78, 5) is 16.7. The van der Waals surface area contributed by atoms with Crippen LogP contribution in [0, 0.1) is 0 Å². The van der Waals surface area contributed by atoms with E-state index in [-0.39, 0.29) is 11.9 Å². The van der Waals surface area contributed by atoms with Crippen LogP contribution in [0.15, 0.2) is 18.2 Å². The number of rotatable bonds is 2. The van der Waals surface area contributed by atoms with E-state index in [0.717, 1.165) is 38.0 Å². The van der Waals surface area contributed by atoms with Crippen molar-refractivity contribution in [3.8, 4) is 0 Å². The van der Waals surface area contributed by atoms with Gasteiger partial charge in [0.1, 0.15) is 0 Å². The molecule has 1 aromatic rings. The topological polar surface area (TPSA) is 23.6 Å². The summed E-state index contributed by atoms with van der Waals surface area (Å²) in [5.41, 5.74) is 1.10. The van der Waals surface area contributed by atoms with Crippen LogP contribution in [-0.4, -0.2) is 40.9 Å². The molecule has 0 bridgehead atoms. The van der Waals surface area contributed by atoms with Crippen LogP contribution in [0.3, 0.4) is 0 Å². The highest BCUT2D eigenvalue weighted by atomic mass is 35.5. The van der Waals surface area contributed by atoms with Crippen LogP contribution in [0.25, 0.3) is 0 Å². The summed E-state index contributed by atoms with van der Waals surface area (Å²) < 4.78 is 0. The van der Waals surface area contributed by atoms with Gasteiger partial charge in [0.05, 0.1) is 16.1 Å². The Morgan fingerprint density at radius 3 is 2.85 bits per heavy atom. The molecular weight excluding hydrogens is 295 g/mol. The van der Waals surface area contributed by atoms with Gasteiger partial charge in [-0.1, -0.05) is 29.3 Å². The fraction of sp³-hybridized carbons (Fsp3) is 0.533. The molecule has 0 saturated carbocycles. The Morgan fingerprint density at radius 2 is 2.10 bits per heavy atom. The highest BCUT2D eigenvalue weighted by molar-refractivity contribution is 6.42. The fourth-order valence-corrected chi connectivity index (χ4v) is 3.54. The van der Waals surface area contributed by atoms with Crippen molar-refractivity contribution in [1.82, 2.24) is 9.80 Å². The van der Waals surface area contributed by atoms with Gasteiger partial charge < -0.3 is 4.90 Å². The molecule has 2 aliphatic rings. The zero-order valence-electron chi connectivity index (χ0n) is 11.5. The zero-order chi connectivity index (χ0) is 14.3. The van der Waals surface area contributed by atoms with Gasteiger partial charge in [0.15, 0.2) is 0 Å². The maximum Gasteiger partial charge on any atom is 0.239 e. The van der Waals surface area contributed by atoms with Crippen molar-refractivity contribution in [2.45, 2.75) is 38.4 Å². The lowest BCUT2D eigenvalue weighted by Crippen LogP contribution is -2.58. The number of hydrogen-bond acceptors (Lipinski definition) is 2. The lowest BCUT2D eigenvalue weighted by Gasteiger charge is -2.41. The van der Waals surface area contributed by atoms with E-state index in [1.54, 1.807) is 0 Å². The van der Waals surface area contributed by atoms with Gasteiger partial charge in [-0.05, 0) is 37.5 Å². The van der Waals surface area contributed by atoms with Crippen LogP contribution < -0.4 is 0 Å². The Hall–Kier alpha value is -0.770. The summed E-state index contributed by atoms with van der Waals surface area (Å²) in [6, 6.07) is 6.02. The Kier molecular flexibility index (Phi) is 3.93. The van der Waals surface area contributed by atoms with Crippen molar-refractivity contribution in [3.05, 3.63) is 33.8 Å². The minimum atomic E-state index is -0.0567. The molecule has 0 N–H and O–H groups in total. The Labute approximate surface area is 129 Å². The molecule has 2 saturated heterocycles. The molecule has 1 amide bonds. The van der Waals surface area contributed by atoms with Gasteiger partial charge >= 0.3 is 0 Å². The van der Waals surface area contributed by atoms with E-state index < -0.39 is 0 Å². The second kappa shape index (κ2) is 5.55. The van der Waals surface area contributed by atoms with Gasteiger partial charge in [-0.15, -0.1) is 0 Å². The molecule has 0 spiro atoms. The number of amides is 1. The van der Waals surface area contributed by atoms with Gasteiger partial charge in [-0.3, -0.25) is 9.69 Å². The number of fused-ring (bicyclic) bond motifs is 1. The van der Waals surface area contributed by atoms with E-state index in [1.807, 2.05) is 25.1 Å². The fourth-order valence-electron chi connectivity index (χ4n) is 3.21. The van der Waals surface area contributed by atoms with E-state index in [2.05, 4.69) is 9.80 Å². The van der Waals surface area contributed by atoms with Gasteiger partial charge in [0.25, 0.3) is 0 Å². The van der Waals surface area contributed by atoms with E-state index in [4.69, 9.17) is 23.2 Å². The molecule has 0 aliphatic carbocycles. The number of carbonyl (C=O) groups excluding carboxylic acids is 1. The summed E-state index contributed by atoms with van der Waals surface area (Å²) in [7, 11) is 0. The van der Waals surface area contributed by atoms with Gasteiger partial charge in [-0.25, -0.2) is 0 Å². The van der Waals surface area contributed by atoms with Gasteiger partial charge in [0, 0.05) is 25.7 Å². The van der Waals surface area contributed by atoms with Crippen LogP contribution >= 0.6 is 23.2 Å². The number of piperazine rings is 1. The second-order valence-electron chi connectivity index (χ2n) is 5.68. The lowest BCUT2D eigenvalue weighted by atomic mass is 10.1. The summed E-state index contributed by atoms with van der Waals surface area (Å²) in [6.45, 7) is 4.62. The molecule has 2 aliphatic heterocycles. The maximum atomic E-state index is 12.4. The molecule has 5 heteroatoms. The Morgan fingerprint density at radius 1 is 1.30 bits per heavy atom.